The largest absolute Gasteiger partial charge is 0.424 e. The van der Waals surface area contributed by atoms with Crippen molar-refractivity contribution < 1.29 is 27.8 Å². The molecule has 0 bridgehead atoms. The number of carbonyl (C=O) groups excluding carboxylic acids is 1. The smallest absolute Gasteiger partial charge is 0.379 e. The number of aliphatic hydroxyl groups is 1. The average Bonchev–Trinajstić information content (AvgIpc) is 3.19. The highest BCUT2D eigenvalue weighted by Crippen LogP contribution is 2.40. The molecule has 0 aliphatic carbocycles. The Morgan fingerprint density at radius 2 is 1.88 bits per heavy atom. The molecule has 176 valence electrons. The summed E-state index contributed by atoms with van der Waals surface area (Å²) in [7, 11) is 1.37. The van der Waals surface area contributed by atoms with Crippen LogP contribution in [0.4, 0.5) is 18.0 Å². The first-order chi connectivity index (χ1) is 15.2. The van der Waals surface area contributed by atoms with Gasteiger partial charge >= 0.3 is 12.2 Å². The number of aromatic nitrogens is 2. The summed E-state index contributed by atoms with van der Waals surface area (Å²) in [6.07, 6.45) is -3.20. The maximum absolute atomic E-state index is 13.5. The van der Waals surface area contributed by atoms with Crippen molar-refractivity contribution in [3.05, 3.63) is 53.6 Å². The van der Waals surface area contributed by atoms with Gasteiger partial charge in [-0.25, -0.2) is 9.78 Å². The molecule has 2 heterocycles. The van der Waals surface area contributed by atoms with E-state index in [1.54, 1.807) is 0 Å². The van der Waals surface area contributed by atoms with Crippen LogP contribution in [0.1, 0.15) is 23.4 Å². The van der Waals surface area contributed by atoms with Crippen molar-refractivity contribution in [2.75, 3.05) is 32.8 Å². The SMILES string of the molecule is Cn1ccnc1C(O)(CCNC(=O)NCc1ccccc1CN1CCOCC1)C(F)(F)F. The summed E-state index contributed by atoms with van der Waals surface area (Å²) in [5.74, 6) is -0.524. The Balaban J connectivity index is 1.53. The molecule has 2 aromatic rings. The second-order valence-electron chi connectivity index (χ2n) is 7.74. The molecule has 1 aromatic carbocycles. The number of benzene rings is 1. The number of nitrogens with zero attached hydrogens (tertiary/aromatic N) is 3. The van der Waals surface area contributed by atoms with E-state index < -0.39 is 30.1 Å². The van der Waals surface area contributed by atoms with Crippen molar-refractivity contribution in [2.45, 2.75) is 31.3 Å². The van der Waals surface area contributed by atoms with Gasteiger partial charge < -0.3 is 25.0 Å². The van der Waals surface area contributed by atoms with E-state index in [0.717, 1.165) is 35.3 Å². The Morgan fingerprint density at radius 1 is 1.19 bits per heavy atom. The third-order valence-corrected chi connectivity index (χ3v) is 5.49. The van der Waals surface area contributed by atoms with Crippen LogP contribution >= 0.6 is 0 Å². The van der Waals surface area contributed by atoms with Crippen molar-refractivity contribution >= 4 is 6.03 Å². The van der Waals surface area contributed by atoms with Crippen molar-refractivity contribution in [2.24, 2.45) is 7.05 Å². The van der Waals surface area contributed by atoms with Gasteiger partial charge in [0, 0.05) is 58.6 Å². The molecule has 1 aromatic heterocycles. The fraction of sp³-hybridized carbons (Fsp3) is 0.524. The number of halogens is 3. The molecule has 0 radical (unpaired) electrons. The Morgan fingerprint density at radius 3 is 2.50 bits per heavy atom. The summed E-state index contributed by atoms with van der Waals surface area (Å²) in [6, 6.07) is 7.07. The van der Waals surface area contributed by atoms with Crippen LogP contribution in [-0.4, -0.2) is 64.6 Å². The molecule has 1 atom stereocenters. The maximum Gasteiger partial charge on any atom is 0.424 e. The van der Waals surface area contributed by atoms with E-state index in [4.69, 9.17) is 4.74 Å². The van der Waals surface area contributed by atoms with Gasteiger partial charge in [0.2, 0.25) is 5.60 Å². The third-order valence-electron chi connectivity index (χ3n) is 5.49. The van der Waals surface area contributed by atoms with E-state index in [9.17, 15) is 23.1 Å². The molecular weight excluding hydrogens is 427 g/mol. The molecule has 3 rings (SSSR count). The quantitative estimate of drug-likeness (QED) is 0.566. The van der Waals surface area contributed by atoms with Gasteiger partial charge in [-0.2, -0.15) is 13.2 Å². The number of amides is 2. The van der Waals surface area contributed by atoms with Crippen molar-refractivity contribution in [1.82, 2.24) is 25.1 Å². The van der Waals surface area contributed by atoms with Crippen LogP contribution < -0.4 is 10.6 Å². The van der Waals surface area contributed by atoms with Gasteiger partial charge in [-0.1, -0.05) is 24.3 Å². The molecule has 1 aliphatic heterocycles. The van der Waals surface area contributed by atoms with Gasteiger partial charge in [-0.15, -0.1) is 0 Å². The zero-order chi connectivity index (χ0) is 23.2. The number of aryl methyl sites for hydroxylation is 1. The van der Waals surface area contributed by atoms with Gasteiger partial charge in [0.05, 0.1) is 13.2 Å². The molecule has 1 aliphatic rings. The lowest BCUT2D eigenvalue weighted by molar-refractivity contribution is -0.272. The molecule has 1 fully saturated rings. The van der Waals surface area contributed by atoms with E-state index in [1.165, 1.54) is 19.4 Å². The first-order valence-electron chi connectivity index (χ1n) is 10.4. The molecule has 0 spiro atoms. The second-order valence-corrected chi connectivity index (χ2v) is 7.74. The number of ether oxygens (including phenoxy) is 1. The number of urea groups is 1. The minimum Gasteiger partial charge on any atom is -0.379 e. The summed E-state index contributed by atoms with van der Waals surface area (Å²) in [5.41, 5.74) is -1.17. The minimum absolute atomic E-state index is 0.231. The lowest BCUT2D eigenvalue weighted by Gasteiger charge is -2.30. The number of imidazole rings is 1. The Labute approximate surface area is 184 Å². The van der Waals surface area contributed by atoms with Crippen LogP contribution in [0.15, 0.2) is 36.7 Å². The highest BCUT2D eigenvalue weighted by molar-refractivity contribution is 5.73. The van der Waals surface area contributed by atoms with Crippen LogP contribution in [0, 0.1) is 0 Å². The number of carbonyl (C=O) groups is 1. The number of nitrogens with one attached hydrogen (secondary N) is 2. The van der Waals surface area contributed by atoms with Gasteiger partial charge in [-0.05, 0) is 11.1 Å². The number of alkyl halides is 3. The summed E-state index contributed by atoms with van der Waals surface area (Å²) >= 11 is 0. The monoisotopic (exact) mass is 455 g/mol. The number of hydrogen-bond acceptors (Lipinski definition) is 5. The molecule has 0 saturated carbocycles. The molecule has 1 unspecified atom stereocenters. The van der Waals surface area contributed by atoms with Crippen LogP contribution in [-0.2, 0) is 30.5 Å². The molecule has 3 N–H and O–H groups in total. The van der Waals surface area contributed by atoms with Crippen molar-refractivity contribution in [1.29, 1.82) is 0 Å². The van der Waals surface area contributed by atoms with Crippen LogP contribution in [0.3, 0.4) is 0 Å². The number of morpholine rings is 1. The van der Waals surface area contributed by atoms with Gasteiger partial charge in [0.15, 0.2) is 0 Å². The fourth-order valence-corrected chi connectivity index (χ4v) is 3.62. The lowest BCUT2D eigenvalue weighted by Crippen LogP contribution is -2.47. The molecular formula is C21H28F3N5O3. The zero-order valence-corrected chi connectivity index (χ0v) is 17.9. The van der Waals surface area contributed by atoms with Crippen LogP contribution in [0.5, 0.6) is 0 Å². The molecule has 11 heteroatoms. The second kappa shape index (κ2) is 10.3. The van der Waals surface area contributed by atoms with E-state index in [2.05, 4.69) is 20.5 Å². The summed E-state index contributed by atoms with van der Waals surface area (Å²) in [6.45, 7) is 3.61. The topological polar surface area (TPSA) is 91.7 Å². The highest BCUT2D eigenvalue weighted by Gasteiger charge is 2.57. The summed E-state index contributed by atoms with van der Waals surface area (Å²) < 4.78 is 47.1. The number of hydrogen-bond donors (Lipinski definition) is 3. The van der Waals surface area contributed by atoms with Crippen molar-refractivity contribution in [3.63, 3.8) is 0 Å². The third kappa shape index (κ3) is 5.78. The Bertz CT molecular complexity index is 899. The molecule has 8 nitrogen and oxygen atoms in total. The predicted molar refractivity (Wildman–Crippen MR) is 111 cm³/mol. The van der Waals surface area contributed by atoms with E-state index in [-0.39, 0.29) is 13.1 Å². The van der Waals surface area contributed by atoms with E-state index in [0.29, 0.717) is 13.2 Å². The average molecular weight is 455 g/mol. The predicted octanol–water partition coefficient (Wildman–Crippen LogP) is 1.89. The van der Waals surface area contributed by atoms with Crippen molar-refractivity contribution in [3.8, 4) is 0 Å². The normalized spacial score (nSPS) is 17.0. The molecule has 2 amide bonds. The first kappa shape index (κ1) is 24.0. The zero-order valence-electron chi connectivity index (χ0n) is 17.9. The van der Waals surface area contributed by atoms with Gasteiger partial charge in [0.25, 0.3) is 0 Å². The van der Waals surface area contributed by atoms with E-state index >= 15 is 0 Å². The number of rotatable bonds is 8. The Hall–Kier alpha value is -2.63. The molecule has 32 heavy (non-hydrogen) atoms. The van der Waals surface area contributed by atoms with Gasteiger partial charge in [0.1, 0.15) is 5.82 Å². The Kier molecular flexibility index (Phi) is 7.75. The maximum atomic E-state index is 13.5. The first-order valence-corrected chi connectivity index (χ1v) is 10.4. The van der Waals surface area contributed by atoms with Gasteiger partial charge in [-0.3, -0.25) is 4.90 Å². The summed E-state index contributed by atoms with van der Waals surface area (Å²) in [5, 5.41) is 15.4. The lowest BCUT2D eigenvalue weighted by atomic mass is 9.97. The molecule has 1 saturated heterocycles. The minimum atomic E-state index is -4.94. The van der Waals surface area contributed by atoms with Crippen LogP contribution in [0.2, 0.25) is 0 Å². The standard InChI is InChI=1S/C21H28F3N5O3/c1-28-9-8-25-18(28)20(31,21(22,23)24)6-7-26-19(30)27-14-16-4-2-3-5-17(16)15-29-10-12-32-13-11-29/h2-5,8-9,31H,6-7,10-15H2,1H3,(H2,26,27,30). The van der Waals surface area contributed by atoms with E-state index in [1.807, 2.05) is 24.3 Å². The highest BCUT2D eigenvalue weighted by atomic mass is 19.4. The fourth-order valence-electron chi connectivity index (χ4n) is 3.62. The van der Waals surface area contributed by atoms with Crippen LogP contribution in [0.25, 0.3) is 0 Å². The summed E-state index contributed by atoms with van der Waals surface area (Å²) in [4.78, 5) is 18.1.